The standard InChI is InChI=1S/C29H18F7N3O3S2/c30-22-21(29(34,35)36)23(31)25(33)26(24(22)32)39-20(40)14-44-17-9-4-8-16(12-17)37-28(42)19(13-18-10-5-11-43-18)38-27(41)15-6-2-1-3-7-15/h1-13H,14H2,(H,37,42)(H,38,41)(H,39,40)/b19-13-. The number of carbonyl (C=O) groups is 3. The molecule has 0 aliphatic heterocycles. The topological polar surface area (TPSA) is 87.3 Å². The molecule has 0 radical (unpaired) electrons. The van der Waals surface area contributed by atoms with Gasteiger partial charge < -0.3 is 16.0 Å². The van der Waals surface area contributed by atoms with Crippen LogP contribution in [-0.2, 0) is 15.8 Å². The first-order valence-electron chi connectivity index (χ1n) is 12.2. The van der Waals surface area contributed by atoms with Crippen LogP contribution in [0, 0.1) is 23.3 Å². The summed E-state index contributed by atoms with van der Waals surface area (Å²) in [6.45, 7) is 0. The molecule has 228 valence electrons. The van der Waals surface area contributed by atoms with Crippen molar-refractivity contribution in [2.45, 2.75) is 11.1 Å². The fourth-order valence-corrected chi connectivity index (χ4v) is 5.05. The summed E-state index contributed by atoms with van der Waals surface area (Å²) in [5, 5.41) is 8.53. The molecule has 4 rings (SSSR count). The zero-order valence-corrected chi connectivity index (χ0v) is 23.5. The summed E-state index contributed by atoms with van der Waals surface area (Å²) in [4.78, 5) is 39.1. The molecule has 6 nitrogen and oxygen atoms in total. The highest BCUT2D eigenvalue weighted by Crippen LogP contribution is 2.38. The molecule has 1 heterocycles. The molecule has 0 fully saturated rings. The van der Waals surface area contributed by atoms with Crippen LogP contribution in [0.15, 0.2) is 82.7 Å². The van der Waals surface area contributed by atoms with E-state index in [-0.39, 0.29) is 11.4 Å². The van der Waals surface area contributed by atoms with E-state index in [9.17, 15) is 45.1 Å². The Morgan fingerprint density at radius 2 is 1.50 bits per heavy atom. The lowest BCUT2D eigenvalue weighted by Crippen LogP contribution is -2.30. The zero-order chi connectivity index (χ0) is 32.0. The van der Waals surface area contributed by atoms with Crippen molar-refractivity contribution in [1.29, 1.82) is 0 Å². The Kier molecular flexibility index (Phi) is 10.1. The second kappa shape index (κ2) is 13.8. The van der Waals surface area contributed by atoms with Crippen LogP contribution in [0.1, 0.15) is 20.8 Å². The van der Waals surface area contributed by atoms with Gasteiger partial charge >= 0.3 is 6.18 Å². The summed E-state index contributed by atoms with van der Waals surface area (Å²) in [5.74, 6) is -13.2. The van der Waals surface area contributed by atoms with E-state index in [2.05, 4.69) is 10.6 Å². The van der Waals surface area contributed by atoms with E-state index in [1.54, 1.807) is 53.2 Å². The summed E-state index contributed by atoms with van der Waals surface area (Å²) >= 11 is 2.11. The molecule has 3 aromatic carbocycles. The molecule has 0 aliphatic rings. The first-order valence-corrected chi connectivity index (χ1v) is 14.1. The number of rotatable bonds is 9. The molecule has 15 heteroatoms. The van der Waals surface area contributed by atoms with Crippen LogP contribution < -0.4 is 16.0 Å². The maximum Gasteiger partial charge on any atom is 0.422 e. The largest absolute Gasteiger partial charge is 0.422 e. The Balaban J connectivity index is 1.44. The zero-order valence-electron chi connectivity index (χ0n) is 21.9. The van der Waals surface area contributed by atoms with Crippen molar-refractivity contribution in [3.05, 3.63) is 117 Å². The first kappa shape index (κ1) is 32.3. The van der Waals surface area contributed by atoms with Crippen molar-refractivity contribution in [3.8, 4) is 0 Å². The van der Waals surface area contributed by atoms with E-state index < -0.39 is 64.2 Å². The molecule has 0 spiro atoms. The van der Waals surface area contributed by atoms with Gasteiger partial charge in [0, 0.05) is 21.0 Å². The van der Waals surface area contributed by atoms with Gasteiger partial charge in [0.2, 0.25) is 5.91 Å². The quantitative estimate of drug-likeness (QED) is 0.0758. The molecular weight excluding hydrogens is 635 g/mol. The molecule has 0 aliphatic carbocycles. The summed E-state index contributed by atoms with van der Waals surface area (Å²) in [6, 6.07) is 17.6. The number of carbonyl (C=O) groups excluding carboxylic acids is 3. The van der Waals surface area contributed by atoms with E-state index in [0.29, 0.717) is 15.3 Å². The predicted molar refractivity (Wildman–Crippen MR) is 152 cm³/mol. The van der Waals surface area contributed by atoms with Gasteiger partial charge in [0.15, 0.2) is 23.3 Å². The fraction of sp³-hybridized carbons (Fsp3) is 0.0690. The van der Waals surface area contributed by atoms with Crippen LogP contribution in [0.25, 0.3) is 6.08 Å². The van der Waals surface area contributed by atoms with Crippen LogP contribution in [0.5, 0.6) is 0 Å². The van der Waals surface area contributed by atoms with Gasteiger partial charge in [0.05, 0.1) is 5.75 Å². The Hall–Kier alpha value is -4.63. The molecule has 3 N–H and O–H groups in total. The number of alkyl halides is 3. The van der Waals surface area contributed by atoms with Crippen LogP contribution in [-0.4, -0.2) is 23.5 Å². The molecule has 0 unspecified atom stereocenters. The second-order valence-electron chi connectivity index (χ2n) is 8.72. The minimum atomic E-state index is -5.72. The third-order valence-corrected chi connectivity index (χ3v) is 7.44. The molecule has 0 atom stereocenters. The minimum Gasteiger partial charge on any atom is -0.321 e. The predicted octanol–water partition coefficient (Wildman–Crippen LogP) is 7.46. The van der Waals surface area contributed by atoms with Crippen molar-refractivity contribution < 1.29 is 45.1 Å². The van der Waals surface area contributed by atoms with E-state index in [0.717, 1.165) is 11.8 Å². The molecule has 44 heavy (non-hydrogen) atoms. The summed E-state index contributed by atoms with van der Waals surface area (Å²) in [5.41, 5.74) is -3.99. The lowest BCUT2D eigenvalue weighted by molar-refractivity contribution is -0.143. The maximum atomic E-state index is 14.1. The smallest absolute Gasteiger partial charge is 0.321 e. The highest BCUT2D eigenvalue weighted by molar-refractivity contribution is 8.00. The number of hydrogen-bond acceptors (Lipinski definition) is 5. The van der Waals surface area contributed by atoms with Gasteiger partial charge in [0.1, 0.15) is 16.9 Å². The molecular formula is C29H18F7N3O3S2. The molecule has 0 bridgehead atoms. The lowest BCUT2D eigenvalue weighted by Gasteiger charge is -2.14. The molecule has 0 saturated carbocycles. The number of hydrogen-bond donors (Lipinski definition) is 3. The van der Waals surface area contributed by atoms with Crippen LogP contribution in [0.3, 0.4) is 0 Å². The third-order valence-electron chi connectivity index (χ3n) is 5.63. The fourth-order valence-electron chi connectivity index (χ4n) is 3.63. The highest BCUT2D eigenvalue weighted by Gasteiger charge is 2.42. The SMILES string of the molecule is O=C(CSc1cccc(NC(=O)/C(=C/c2cccs2)NC(=O)c2ccccc2)c1)Nc1c(F)c(F)c(C(F)(F)F)c(F)c1F. The molecule has 1 aromatic heterocycles. The van der Waals surface area contributed by atoms with Crippen molar-refractivity contribution in [2.75, 3.05) is 16.4 Å². The van der Waals surface area contributed by atoms with E-state index in [4.69, 9.17) is 0 Å². The number of anilines is 2. The summed E-state index contributed by atoms with van der Waals surface area (Å²) < 4.78 is 94.3. The van der Waals surface area contributed by atoms with Gasteiger partial charge in [-0.2, -0.15) is 13.2 Å². The number of amides is 3. The van der Waals surface area contributed by atoms with E-state index in [1.165, 1.54) is 41.7 Å². The van der Waals surface area contributed by atoms with Gasteiger partial charge in [-0.3, -0.25) is 14.4 Å². The Labute approximate surface area is 253 Å². The summed E-state index contributed by atoms with van der Waals surface area (Å²) in [6.07, 6.45) is -4.24. The van der Waals surface area contributed by atoms with Crippen LogP contribution >= 0.6 is 23.1 Å². The molecule has 3 amide bonds. The lowest BCUT2D eigenvalue weighted by atomic mass is 10.1. The second-order valence-corrected chi connectivity index (χ2v) is 10.7. The number of thiophene rings is 1. The number of thioether (sulfide) groups is 1. The number of benzene rings is 3. The normalized spacial score (nSPS) is 11.7. The van der Waals surface area contributed by atoms with Gasteiger partial charge in [-0.05, 0) is 47.9 Å². The van der Waals surface area contributed by atoms with Gasteiger partial charge in [-0.25, -0.2) is 17.6 Å². The minimum absolute atomic E-state index is 0.0706. The Bertz CT molecular complexity index is 1700. The van der Waals surface area contributed by atoms with Crippen molar-refractivity contribution in [1.82, 2.24) is 5.32 Å². The first-order chi connectivity index (χ1) is 20.8. The van der Waals surface area contributed by atoms with E-state index in [1.807, 2.05) is 0 Å². The number of nitrogens with one attached hydrogen (secondary N) is 3. The highest BCUT2D eigenvalue weighted by atomic mass is 32.2. The average molecular weight is 654 g/mol. The Morgan fingerprint density at radius 1 is 0.818 bits per heavy atom. The average Bonchev–Trinajstić information content (AvgIpc) is 3.50. The number of halogens is 7. The van der Waals surface area contributed by atoms with Gasteiger partial charge in [-0.1, -0.05) is 30.3 Å². The van der Waals surface area contributed by atoms with Crippen LogP contribution in [0.4, 0.5) is 42.1 Å². The summed E-state index contributed by atoms with van der Waals surface area (Å²) in [7, 11) is 0. The maximum absolute atomic E-state index is 14.1. The van der Waals surface area contributed by atoms with Crippen molar-refractivity contribution >= 4 is 58.3 Å². The van der Waals surface area contributed by atoms with Gasteiger partial charge in [0.25, 0.3) is 11.8 Å². The van der Waals surface area contributed by atoms with Crippen LogP contribution in [0.2, 0.25) is 0 Å². The van der Waals surface area contributed by atoms with E-state index >= 15 is 0 Å². The Morgan fingerprint density at radius 3 is 2.11 bits per heavy atom. The molecule has 0 saturated heterocycles. The third kappa shape index (κ3) is 7.85. The van der Waals surface area contributed by atoms with Crippen molar-refractivity contribution in [3.63, 3.8) is 0 Å². The molecule has 4 aromatic rings. The monoisotopic (exact) mass is 653 g/mol. The van der Waals surface area contributed by atoms with Crippen molar-refractivity contribution in [2.24, 2.45) is 0 Å². The van der Waals surface area contributed by atoms with Gasteiger partial charge in [-0.15, -0.1) is 23.1 Å².